The second-order valence-electron chi connectivity index (χ2n) is 7.67. The van der Waals surface area contributed by atoms with Crippen LogP contribution in [0.3, 0.4) is 0 Å². The molecule has 2 fully saturated rings. The molecule has 1 aliphatic carbocycles. The summed E-state index contributed by atoms with van der Waals surface area (Å²) in [6.07, 6.45) is 5.49. The highest BCUT2D eigenvalue weighted by Crippen LogP contribution is 2.47. The third-order valence-corrected chi connectivity index (χ3v) is 6.26. The van der Waals surface area contributed by atoms with Crippen molar-refractivity contribution < 1.29 is 9.59 Å². The zero-order valence-electron chi connectivity index (χ0n) is 13.6. The summed E-state index contributed by atoms with van der Waals surface area (Å²) in [6, 6.07) is 0. The lowest BCUT2D eigenvalue weighted by atomic mass is 9.74. The molecule has 5 heteroatoms. The number of hydrogen-bond donors (Lipinski definition) is 0. The van der Waals surface area contributed by atoms with Crippen LogP contribution in [0.15, 0.2) is 11.6 Å². The molecule has 0 bridgehead atoms. The Hall–Kier alpha value is -1.23. The van der Waals surface area contributed by atoms with E-state index in [1.54, 1.807) is 11.1 Å². The Morgan fingerprint density at radius 3 is 2.68 bits per heavy atom. The SMILES string of the molecule is CC(C)(C)[C@@H]1CCC(=O)[C@@]2(CC1)CCN(c1nccs1)C2=O. The van der Waals surface area contributed by atoms with E-state index < -0.39 is 5.41 Å². The van der Waals surface area contributed by atoms with E-state index in [1.807, 2.05) is 5.38 Å². The maximum Gasteiger partial charge on any atom is 0.242 e. The Balaban J connectivity index is 1.84. The van der Waals surface area contributed by atoms with Gasteiger partial charge in [-0.25, -0.2) is 4.98 Å². The molecule has 0 unspecified atom stereocenters. The van der Waals surface area contributed by atoms with Crippen molar-refractivity contribution in [2.45, 2.75) is 52.9 Å². The lowest BCUT2D eigenvalue weighted by Crippen LogP contribution is -2.40. The normalized spacial score (nSPS) is 30.1. The van der Waals surface area contributed by atoms with E-state index >= 15 is 0 Å². The number of thiazole rings is 1. The van der Waals surface area contributed by atoms with E-state index in [4.69, 9.17) is 0 Å². The van der Waals surface area contributed by atoms with Crippen LogP contribution in [0.25, 0.3) is 0 Å². The van der Waals surface area contributed by atoms with E-state index in [9.17, 15) is 9.59 Å². The van der Waals surface area contributed by atoms with E-state index in [0.29, 0.717) is 31.7 Å². The van der Waals surface area contributed by atoms with E-state index in [-0.39, 0.29) is 17.1 Å². The van der Waals surface area contributed by atoms with Gasteiger partial charge in [-0.3, -0.25) is 14.5 Å². The van der Waals surface area contributed by atoms with Gasteiger partial charge in [0, 0.05) is 24.5 Å². The highest BCUT2D eigenvalue weighted by molar-refractivity contribution is 7.13. The Bertz CT molecular complexity index is 576. The molecule has 0 N–H and O–H groups in total. The largest absolute Gasteiger partial charge is 0.299 e. The van der Waals surface area contributed by atoms with Crippen LogP contribution in [0, 0.1) is 16.7 Å². The van der Waals surface area contributed by atoms with Gasteiger partial charge in [0.1, 0.15) is 11.2 Å². The number of anilines is 1. The summed E-state index contributed by atoms with van der Waals surface area (Å²) in [5.74, 6) is 0.655. The number of rotatable bonds is 1. The fourth-order valence-corrected chi connectivity index (χ4v) is 4.57. The summed E-state index contributed by atoms with van der Waals surface area (Å²) in [5.41, 5.74) is -0.575. The molecule has 2 aliphatic rings. The van der Waals surface area contributed by atoms with Crippen molar-refractivity contribution in [1.29, 1.82) is 0 Å². The molecule has 1 aromatic heterocycles. The number of Topliss-reactive ketones (excluding diaryl/α,β-unsaturated/α-hetero) is 1. The van der Waals surface area contributed by atoms with Crippen molar-refractivity contribution in [3.63, 3.8) is 0 Å². The number of hydrogen-bond acceptors (Lipinski definition) is 4. The van der Waals surface area contributed by atoms with Crippen molar-refractivity contribution in [3.05, 3.63) is 11.6 Å². The molecule has 0 radical (unpaired) electrons. The van der Waals surface area contributed by atoms with Gasteiger partial charge in [0.05, 0.1) is 0 Å². The molecule has 3 rings (SSSR count). The predicted octanol–water partition coefficient (Wildman–Crippen LogP) is 3.67. The lowest BCUT2D eigenvalue weighted by Gasteiger charge is -2.30. The second-order valence-corrected chi connectivity index (χ2v) is 8.54. The Morgan fingerprint density at radius 2 is 2.05 bits per heavy atom. The minimum atomic E-state index is -0.772. The molecule has 1 aromatic rings. The van der Waals surface area contributed by atoms with Crippen molar-refractivity contribution in [1.82, 2.24) is 4.98 Å². The maximum atomic E-state index is 13.0. The van der Waals surface area contributed by atoms with Crippen LogP contribution in [0.5, 0.6) is 0 Å². The van der Waals surface area contributed by atoms with Crippen molar-refractivity contribution >= 4 is 28.2 Å². The monoisotopic (exact) mass is 320 g/mol. The quantitative estimate of drug-likeness (QED) is 0.742. The first-order valence-electron chi connectivity index (χ1n) is 8.09. The molecular formula is C17H24N2O2S. The molecule has 0 aromatic carbocycles. The van der Waals surface area contributed by atoms with Gasteiger partial charge in [0.15, 0.2) is 5.13 Å². The van der Waals surface area contributed by atoms with Gasteiger partial charge >= 0.3 is 0 Å². The first-order valence-corrected chi connectivity index (χ1v) is 8.97. The zero-order chi connectivity index (χ0) is 16.0. The number of nitrogens with zero attached hydrogens (tertiary/aromatic N) is 2. The van der Waals surface area contributed by atoms with Crippen molar-refractivity contribution in [2.75, 3.05) is 11.4 Å². The third-order valence-electron chi connectivity index (χ3n) is 5.46. The van der Waals surface area contributed by atoms with Gasteiger partial charge in [-0.05, 0) is 37.0 Å². The molecular weight excluding hydrogens is 296 g/mol. The molecule has 1 amide bonds. The van der Waals surface area contributed by atoms with Crippen molar-refractivity contribution in [2.24, 2.45) is 16.7 Å². The average molecular weight is 320 g/mol. The van der Waals surface area contributed by atoms with Crippen LogP contribution in [0.4, 0.5) is 5.13 Å². The van der Waals surface area contributed by atoms with E-state index in [2.05, 4.69) is 25.8 Å². The molecule has 1 spiro atoms. The van der Waals surface area contributed by atoms with Gasteiger partial charge in [-0.15, -0.1) is 11.3 Å². The smallest absolute Gasteiger partial charge is 0.242 e. The van der Waals surface area contributed by atoms with Gasteiger partial charge < -0.3 is 0 Å². The molecule has 4 nitrogen and oxygen atoms in total. The summed E-state index contributed by atoms with van der Waals surface area (Å²) in [6.45, 7) is 7.33. The standard InChI is InChI=1S/C17H24N2O2S/c1-16(2,3)12-4-5-13(20)17(7-6-12)8-10-19(14(17)21)15-18-9-11-22-15/h9,11-12H,4-8,10H2,1-3H3/t12-,17-/m1/s1. The van der Waals surface area contributed by atoms with Crippen LogP contribution >= 0.6 is 11.3 Å². The summed E-state index contributed by atoms with van der Waals surface area (Å²) in [4.78, 5) is 31.7. The molecule has 1 saturated carbocycles. The third kappa shape index (κ3) is 2.49. The number of carbonyl (C=O) groups is 2. The van der Waals surface area contributed by atoms with Crippen LogP contribution < -0.4 is 4.90 Å². The molecule has 22 heavy (non-hydrogen) atoms. The van der Waals surface area contributed by atoms with Crippen LogP contribution in [0.1, 0.15) is 52.9 Å². The number of aromatic nitrogens is 1. The summed E-state index contributed by atoms with van der Waals surface area (Å²) >= 11 is 1.47. The summed E-state index contributed by atoms with van der Waals surface area (Å²) < 4.78 is 0. The Morgan fingerprint density at radius 1 is 1.27 bits per heavy atom. The highest BCUT2D eigenvalue weighted by Gasteiger charge is 2.53. The molecule has 2 atom stereocenters. The van der Waals surface area contributed by atoms with Gasteiger partial charge in [0.25, 0.3) is 0 Å². The molecule has 1 aliphatic heterocycles. The van der Waals surface area contributed by atoms with Crippen LogP contribution in [0.2, 0.25) is 0 Å². The molecule has 120 valence electrons. The van der Waals surface area contributed by atoms with Crippen molar-refractivity contribution in [3.8, 4) is 0 Å². The van der Waals surface area contributed by atoms with Crippen LogP contribution in [-0.4, -0.2) is 23.2 Å². The first kappa shape index (κ1) is 15.7. The fourth-order valence-electron chi connectivity index (χ4n) is 3.91. The van der Waals surface area contributed by atoms with E-state index in [0.717, 1.165) is 18.0 Å². The fraction of sp³-hybridized carbons (Fsp3) is 0.706. The number of amides is 1. The average Bonchev–Trinajstić information content (AvgIpc) is 3.01. The summed E-state index contributed by atoms with van der Waals surface area (Å²) in [7, 11) is 0. The van der Waals surface area contributed by atoms with Gasteiger partial charge in [-0.1, -0.05) is 20.8 Å². The van der Waals surface area contributed by atoms with E-state index in [1.165, 1.54) is 11.3 Å². The van der Waals surface area contributed by atoms with Gasteiger partial charge in [0.2, 0.25) is 5.91 Å². The zero-order valence-corrected chi connectivity index (χ0v) is 14.4. The molecule has 2 heterocycles. The predicted molar refractivity (Wildman–Crippen MR) is 87.9 cm³/mol. The highest BCUT2D eigenvalue weighted by atomic mass is 32.1. The lowest BCUT2D eigenvalue weighted by molar-refractivity contribution is -0.138. The second kappa shape index (κ2) is 5.44. The minimum Gasteiger partial charge on any atom is -0.299 e. The molecule has 1 saturated heterocycles. The summed E-state index contributed by atoms with van der Waals surface area (Å²) in [5, 5.41) is 2.60. The number of ketones is 1. The maximum absolute atomic E-state index is 13.0. The van der Waals surface area contributed by atoms with Crippen LogP contribution in [-0.2, 0) is 9.59 Å². The number of carbonyl (C=O) groups excluding carboxylic acids is 2. The topological polar surface area (TPSA) is 50.3 Å². The Labute approximate surface area is 135 Å². The minimum absolute atomic E-state index is 0.0120. The van der Waals surface area contributed by atoms with Gasteiger partial charge in [-0.2, -0.15) is 0 Å². The Kier molecular flexibility index (Phi) is 3.87. The first-order chi connectivity index (χ1) is 10.3.